The standard InChI is InChI=1S/C22H19NO/c1-23-20-14-13-18(24-2)15-19(20)21(16-9-5-3-6-10-16)22(23)17-11-7-4-8-12-17/h3-15H,1-2H3. The Hall–Kier alpha value is -3.00. The lowest BCUT2D eigenvalue weighted by atomic mass is 9.98. The molecule has 0 fully saturated rings. The van der Waals surface area contributed by atoms with Crippen LogP contribution in [0.25, 0.3) is 33.3 Å². The van der Waals surface area contributed by atoms with Gasteiger partial charge >= 0.3 is 0 Å². The maximum Gasteiger partial charge on any atom is 0.119 e. The first-order valence-electron chi connectivity index (χ1n) is 8.07. The van der Waals surface area contributed by atoms with Crippen molar-refractivity contribution in [2.24, 2.45) is 7.05 Å². The summed E-state index contributed by atoms with van der Waals surface area (Å²) >= 11 is 0. The minimum absolute atomic E-state index is 0.880. The van der Waals surface area contributed by atoms with Gasteiger partial charge < -0.3 is 9.30 Å². The van der Waals surface area contributed by atoms with Gasteiger partial charge in [-0.15, -0.1) is 0 Å². The molecule has 0 unspecified atom stereocenters. The highest BCUT2D eigenvalue weighted by molar-refractivity contribution is 6.05. The van der Waals surface area contributed by atoms with Crippen molar-refractivity contribution in [3.63, 3.8) is 0 Å². The van der Waals surface area contributed by atoms with Crippen LogP contribution in [0.2, 0.25) is 0 Å². The largest absolute Gasteiger partial charge is 0.497 e. The van der Waals surface area contributed by atoms with Crippen molar-refractivity contribution in [3.8, 4) is 28.1 Å². The smallest absolute Gasteiger partial charge is 0.119 e. The zero-order valence-electron chi connectivity index (χ0n) is 13.9. The Balaban J connectivity index is 2.12. The fourth-order valence-electron chi connectivity index (χ4n) is 3.38. The summed E-state index contributed by atoms with van der Waals surface area (Å²) in [5, 5.41) is 1.21. The molecule has 0 spiro atoms. The molecule has 0 saturated carbocycles. The second-order valence-electron chi connectivity index (χ2n) is 5.90. The molecule has 0 saturated heterocycles. The van der Waals surface area contributed by atoms with E-state index in [1.54, 1.807) is 7.11 Å². The fraction of sp³-hybridized carbons (Fsp3) is 0.0909. The van der Waals surface area contributed by atoms with Crippen molar-refractivity contribution in [3.05, 3.63) is 78.9 Å². The van der Waals surface area contributed by atoms with Crippen molar-refractivity contribution in [1.29, 1.82) is 0 Å². The molecule has 0 aliphatic rings. The predicted octanol–water partition coefficient (Wildman–Crippen LogP) is 5.52. The summed E-state index contributed by atoms with van der Waals surface area (Å²) in [7, 11) is 3.84. The number of aryl methyl sites for hydroxylation is 1. The van der Waals surface area contributed by atoms with E-state index in [-0.39, 0.29) is 0 Å². The van der Waals surface area contributed by atoms with Crippen LogP contribution in [0.3, 0.4) is 0 Å². The summed E-state index contributed by atoms with van der Waals surface area (Å²) in [4.78, 5) is 0. The summed E-state index contributed by atoms with van der Waals surface area (Å²) in [6.45, 7) is 0. The third-order valence-corrected chi connectivity index (χ3v) is 4.52. The number of nitrogens with zero attached hydrogens (tertiary/aromatic N) is 1. The number of aromatic nitrogens is 1. The van der Waals surface area contributed by atoms with E-state index in [9.17, 15) is 0 Å². The Morgan fingerprint density at radius 1 is 0.750 bits per heavy atom. The average molecular weight is 313 g/mol. The highest BCUT2D eigenvalue weighted by Gasteiger charge is 2.18. The molecule has 1 heterocycles. The Kier molecular flexibility index (Phi) is 3.58. The molecule has 0 N–H and O–H groups in total. The van der Waals surface area contributed by atoms with Crippen LogP contribution in [0.5, 0.6) is 5.75 Å². The van der Waals surface area contributed by atoms with Crippen LogP contribution in [0.15, 0.2) is 78.9 Å². The first kappa shape index (κ1) is 14.6. The van der Waals surface area contributed by atoms with Crippen molar-refractivity contribution in [2.75, 3.05) is 7.11 Å². The molecule has 0 bridgehead atoms. The third-order valence-electron chi connectivity index (χ3n) is 4.52. The zero-order valence-corrected chi connectivity index (χ0v) is 13.9. The number of hydrogen-bond acceptors (Lipinski definition) is 1. The molecule has 0 aliphatic heterocycles. The molecule has 3 aromatic carbocycles. The summed E-state index contributed by atoms with van der Waals surface area (Å²) < 4.78 is 7.73. The molecule has 0 radical (unpaired) electrons. The maximum absolute atomic E-state index is 5.46. The molecule has 4 rings (SSSR count). The third kappa shape index (κ3) is 2.28. The van der Waals surface area contributed by atoms with Gasteiger partial charge in [-0.2, -0.15) is 0 Å². The summed E-state index contributed by atoms with van der Waals surface area (Å²) in [6, 6.07) is 27.4. The molecule has 2 heteroatoms. The SMILES string of the molecule is COc1ccc2c(c1)c(-c1ccccc1)c(-c1ccccc1)n2C. The summed E-state index contributed by atoms with van der Waals surface area (Å²) in [5.41, 5.74) is 6.11. The lowest BCUT2D eigenvalue weighted by Gasteiger charge is -2.08. The fourth-order valence-corrected chi connectivity index (χ4v) is 3.38. The molecule has 24 heavy (non-hydrogen) atoms. The van der Waals surface area contributed by atoms with E-state index in [0.29, 0.717) is 0 Å². The highest BCUT2D eigenvalue weighted by Crippen LogP contribution is 2.41. The van der Waals surface area contributed by atoms with E-state index in [1.165, 1.54) is 33.3 Å². The van der Waals surface area contributed by atoms with Gasteiger partial charge in [-0.1, -0.05) is 60.7 Å². The van der Waals surface area contributed by atoms with Gasteiger partial charge in [0, 0.05) is 23.5 Å². The Bertz CT molecular complexity index is 985. The van der Waals surface area contributed by atoms with Crippen LogP contribution in [0.4, 0.5) is 0 Å². The topological polar surface area (TPSA) is 14.2 Å². The average Bonchev–Trinajstić information content (AvgIpc) is 2.95. The van der Waals surface area contributed by atoms with Crippen LogP contribution in [-0.4, -0.2) is 11.7 Å². The summed E-state index contributed by atoms with van der Waals surface area (Å²) in [5.74, 6) is 0.880. The number of hydrogen-bond donors (Lipinski definition) is 0. The number of benzene rings is 3. The van der Waals surface area contributed by atoms with Gasteiger partial charge in [0.25, 0.3) is 0 Å². The molecular weight excluding hydrogens is 294 g/mol. The first-order valence-corrected chi connectivity index (χ1v) is 8.07. The van der Waals surface area contributed by atoms with Crippen molar-refractivity contribution >= 4 is 10.9 Å². The van der Waals surface area contributed by atoms with E-state index in [2.05, 4.69) is 84.4 Å². The number of ether oxygens (including phenoxy) is 1. The van der Waals surface area contributed by atoms with E-state index in [4.69, 9.17) is 4.74 Å². The van der Waals surface area contributed by atoms with E-state index in [1.807, 2.05) is 6.07 Å². The van der Waals surface area contributed by atoms with Gasteiger partial charge in [-0.3, -0.25) is 0 Å². The molecule has 4 aromatic rings. The lowest BCUT2D eigenvalue weighted by Crippen LogP contribution is -1.92. The van der Waals surface area contributed by atoms with E-state index < -0.39 is 0 Å². The molecule has 0 amide bonds. The number of fused-ring (bicyclic) bond motifs is 1. The summed E-state index contributed by atoms with van der Waals surface area (Å²) in [6.07, 6.45) is 0. The van der Waals surface area contributed by atoms with Crippen LogP contribution in [0.1, 0.15) is 0 Å². The van der Waals surface area contributed by atoms with Crippen molar-refractivity contribution in [2.45, 2.75) is 0 Å². The van der Waals surface area contributed by atoms with Gasteiger partial charge in [-0.05, 0) is 29.3 Å². The van der Waals surface area contributed by atoms with Crippen molar-refractivity contribution in [1.82, 2.24) is 4.57 Å². The van der Waals surface area contributed by atoms with Crippen molar-refractivity contribution < 1.29 is 4.74 Å². The number of methoxy groups -OCH3 is 1. The van der Waals surface area contributed by atoms with E-state index >= 15 is 0 Å². The van der Waals surface area contributed by atoms with Gasteiger partial charge in [0.1, 0.15) is 5.75 Å². The van der Waals surface area contributed by atoms with Crippen LogP contribution in [0, 0.1) is 0 Å². The Morgan fingerprint density at radius 3 is 2.00 bits per heavy atom. The number of rotatable bonds is 3. The normalized spacial score (nSPS) is 10.9. The Labute approximate surface area is 141 Å². The van der Waals surface area contributed by atoms with Crippen LogP contribution >= 0.6 is 0 Å². The second-order valence-corrected chi connectivity index (χ2v) is 5.90. The van der Waals surface area contributed by atoms with E-state index in [0.717, 1.165) is 5.75 Å². The van der Waals surface area contributed by atoms with Gasteiger partial charge in [-0.25, -0.2) is 0 Å². The minimum atomic E-state index is 0.880. The molecule has 118 valence electrons. The molecule has 1 aromatic heterocycles. The minimum Gasteiger partial charge on any atom is -0.497 e. The monoisotopic (exact) mass is 313 g/mol. The maximum atomic E-state index is 5.46. The highest BCUT2D eigenvalue weighted by atomic mass is 16.5. The van der Waals surface area contributed by atoms with Crippen LogP contribution in [-0.2, 0) is 7.05 Å². The molecule has 0 aliphatic carbocycles. The van der Waals surface area contributed by atoms with Gasteiger partial charge in [0.15, 0.2) is 0 Å². The molecule has 0 atom stereocenters. The molecule has 2 nitrogen and oxygen atoms in total. The second kappa shape index (κ2) is 5.89. The van der Waals surface area contributed by atoms with Crippen LogP contribution < -0.4 is 4.74 Å². The predicted molar refractivity (Wildman–Crippen MR) is 100 cm³/mol. The first-order chi connectivity index (χ1) is 11.8. The van der Waals surface area contributed by atoms with Gasteiger partial charge in [0.2, 0.25) is 0 Å². The van der Waals surface area contributed by atoms with Gasteiger partial charge in [0.05, 0.1) is 12.8 Å². The molecular formula is C22H19NO. The quantitative estimate of drug-likeness (QED) is 0.485. The lowest BCUT2D eigenvalue weighted by molar-refractivity contribution is 0.415. The Morgan fingerprint density at radius 2 is 1.38 bits per heavy atom. The zero-order chi connectivity index (χ0) is 16.5.